The Labute approximate surface area is 136 Å². The molecule has 1 unspecified atom stereocenters. The molecule has 2 N–H and O–H groups in total. The maximum atomic E-state index is 13.6. The van der Waals surface area contributed by atoms with E-state index in [1.165, 1.54) is 31.2 Å². The summed E-state index contributed by atoms with van der Waals surface area (Å²) in [7, 11) is 0. The summed E-state index contributed by atoms with van der Waals surface area (Å²) in [6.45, 7) is 1.17. The van der Waals surface area contributed by atoms with Crippen molar-refractivity contribution in [1.82, 2.24) is 10.6 Å². The molecule has 2 rings (SSSR count). The number of carbonyl (C=O) groups excluding carboxylic acids is 2. The molecule has 0 aliphatic rings. The Bertz CT molecular complexity index is 765. The largest absolute Gasteiger partial charge is 0.348 e. The molecule has 4 nitrogen and oxygen atoms in total. The molecular weight excluding hydrogens is 321 g/mol. The monoisotopic (exact) mass is 336 g/mol. The standard InChI is InChI=1S/C17H15F3N2O2/c1-10(14-6-5-13(19)8-15(14)20)22-16(23)9-21-17(24)11-3-2-4-12(18)7-11/h2-8,10H,9H2,1H3,(H,21,24)(H,22,23). The molecule has 7 heteroatoms. The van der Waals surface area contributed by atoms with Crippen LogP contribution in [-0.4, -0.2) is 18.4 Å². The first-order chi connectivity index (χ1) is 11.4. The van der Waals surface area contributed by atoms with Crippen LogP contribution in [0.5, 0.6) is 0 Å². The summed E-state index contributed by atoms with van der Waals surface area (Å²) >= 11 is 0. The fourth-order valence-corrected chi connectivity index (χ4v) is 2.12. The highest BCUT2D eigenvalue weighted by Crippen LogP contribution is 2.17. The first-order valence-corrected chi connectivity index (χ1v) is 7.15. The van der Waals surface area contributed by atoms with Gasteiger partial charge in [-0.15, -0.1) is 0 Å². The number of hydrogen-bond acceptors (Lipinski definition) is 2. The van der Waals surface area contributed by atoms with Gasteiger partial charge in [-0.3, -0.25) is 9.59 Å². The molecule has 0 aromatic heterocycles. The molecule has 0 saturated carbocycles. The summed E-state index contributed by atoms with van der Waals surface area (Å²) in [5.74, 6) is -3.21. The Morgan fingerprint density at radius 3 is 2.42 bits per heavy atom. The molecule has 0 aliphatic carbocycles. The summed E-state index contributed by atoms with van der Waals surface area (Å²) in [6.07, 6.45) is 0. The van der Waals surface area contributed by atoms with E-state index in [-0.39, 0.29) is 17.7 Å². The van der Waals surface area contributed by atoms with Gasteiger partial charge in [0.2, 0.25) is 5.91 Å². The Kier molecular flexibility index (Phi) is 5.57. The van der Waals surface area contributed by atoms with E-state index in [0.29, 0.717) is 0 Å². The van der Waals surface area contributed by atoms with Crippen LogP contribution in [0.25, 0.3) is 0 Å². The van der Waals surface area contributed by atoms with Crippen LogP contribution in [0.1, 0.15) is 28.9 Å². The molecule has 0 radical (unpaired) electrons. The zero-order valence-corrected chi connectivity index (χ0v) is 12.8. The van der Waals surface area contributed by atoms with E-state index < -0.39 is 35.3 Å². The molecule has 0 saturated heterocycles. The van der Waals surface area contributed by atoms with E-state index in [2.05, 4.69) is 10.6 Å². The lowest BCUT2D eigenvalue weighted by Crippen LogP contribution is -2.38. The maximum absolute atomic E-state index is 13.6. The van der Waals surface area contributed by atoms with E-state index in [1.54, 1.807) is 0 Å². The van der Waals surface area contributed by atoms with Crippen molar-refractivity contribution in [2.45, 2.75) is 13.0 Å². The van der Waals surface area contributed by atoms with Crippen molar-refractivity contribution in [2.24, 2.45) is 0 Å². The highest BCUT2D eigenvalue weighted by Gasteiger charge is 2.15. The molecule has 126 valence electrons. The molecule has 2 amide bonds. The number of hydrogen-bond donors (Lipinski definition) is 2. The molecular formula is C17H15F3N2O2. The third kappa shape index (κ3) is 4.58. The summed E-state index contributed by atoms with van der Waals surface area (Å²) in [5, 5.41) is 4.82. The lowest BCUT2D eigenvalue weighted by Gasteiger charge is -2.15. The predicted octanol–water partition coefficient (Wildman–Crippen LogP) is 2.71. The van der Waals surface area contributed by atoms with Gasteiger partial charge in [0.05, 0.1) is 12.6 Å². The van der Waals surface area contributed by atoms with Gasteiger partial charge in [0, 0.05) is 17.2 Å². The number of benzene rings is 2. The van der Waals surface area contributed by atoms with Gasteiger partial charge in [0.1, 0.15) is 17.5 Å². The summed E-state index contributed by atoms with van der Waals surface area (Å²) < 4.78 is 39.5. The van der Waals surface area contributed by atoms with Crippen LogP contribution in [-0.2, 0) is 4.79 Å². The fraction of sp³-hybridized carbons (Fsp3) is 0.176. The molecule has 24 heavy (non-hydrogen) atoms. The Morgan fingerprint density at radius 2 is 1.75 bits per heavy atom. The second kappa shape index (κ2) is 7.63. The molecule has 0 fully saturated rings. The third-order valence-electron chi connectivity index (χ3n) is 3.30. The highest BCUT2D eigenvalue weighted by molar-refractivity contribution is 5.96. The molecule has 0 bridgehead atoms. The van der Waals surface area contributed by atoms with E-state index in [0.717, 1.165) is 18.2 Å². The maximum Gasteiger partial charge on any atom is 0.251 e. The molecule has 2 aromatic carbocycles. The summed E-state index contributed by atoms with van der Waals surface area (Å²) in [5.41, 5.74) is 0.210. The summed E-state index contributed by atoms with van der Waals surface area (Å²) in [6, 6.07) is 7.38. The van der Waals surface area contributed by atoms with Crippen molar-refractivity contribution in [3.8, 4) is 0 Å². The zero-order valence-electron chi connectivity index (χ0n) is 12.8. The van der Waals surface area contributed by atoms with Crippen LogP contribution in [0.4, 0.5) is 13.2 Å². The molecule has 0 heterocycles. The number of halogens is 3. The second-order valence-corrected chi connectivity index (χ2v) is 5.15. The highest BCUT2D eigenvalue weighted by atomic mass is 19.1. The van der Waals surface area contributed by atoms with Gasteiger partial charge in [-0.2, -0.15) is 0 Å². The third-order valence-corrected chi connectivity index (χ3v) is 3.30. The average Bonchev–Trinajstić information content (AvgIpc) is 2.52. The van der Waals surface area contributed by atoms with Gasteiger partial charge < -0.3 is 10.6 Å². The average molecular weight is 336 g/mol. The Balaban J connectivity index is 1.90. The van der Waals surface area contributed by atoms with E-state index in [4.69, 9.17) is 0 Å². The topological polar surface area (TPSA) is 58.2 Å². The minimum absolute atomic E-state index is 0.0837. The molecule has 0 aliphatic heterocycles. The summed E-state index contributed by atoms with van der Waals surface area (Å²) in [4.78, 5) is 23.6. The predicted molar refractivity (Wildman–Crippen MR) is 81.6 cm³/mol. The van der Waals surface area contributed by atoms with Crippen molar-refractivity contribution >= 4 is 11.8 Å². The molecule has 2 aromatic rings. The fourth-order valence-electron chi connectivity index (χ4n) is 2.12. The van der Waals surface area contributed by atoms with Crippen molar-refractivity contribution in [3.63, 3.8) is 0 Å². The number of amides is 2. The smallest absolute Gasteiger partial charge is 0.251 e. The van der Waals surface area contributed by atoms with Crippen LogP contribution in [0.15, 0.2) is 42.5 Å². The quantitative estimate of drug-likeness (QED) is 0.882. The Hall–Kier alpha value is -2.83. The van der Waals surface area contributed by atoms with Crippen molar-refractivity contribution in [3.05, 3.63) is 71.0 Å². The SMILES string of the molecule is CC(NC(=O)CNC(=O)c1cccc(F)c1)c1ccc(F)cc1F. The first kappa shape index (κ1) is 17.5. The lowest BCUT2D eigenvalue weighted by atomic mass is 10.1. The van der Waals surface area contributed by atoms with Crippen molar-refractivity contribution in [1.29, 1.82) is 0 Å². The Morgan fingerprint density at radius 1 is 1.04 bits per heavy atom. The number of rotatable bonds is 5. The van der Waals surface area contributed by atoms with Gasteiger partial charge in [-0.05, 0) is 31.2 Å². The van der Waals surface area contributed by atoms with Gasteiger partial charge >= 0.3 is 0 Å². The van der Waals surface area contributed by atoms with Crippen LogP contribution in [0.3, 0.4) is 0 Å². The van der Waals surface area contributed by atoms with E-state index in [1.807, 2.05) is 0 Å². The zero-order chi connectivity index (χ0) is 17.7. The van der Waals surface area contributed by atoms with Gasteiger partial charge in [-0.1, -0.05) is 12.1 Å². The van der Waals surface area contributed by atoms with Crippen LogP contribution in [0, 0.1) is 17.5 Å². The number of nitrogens with one attached hydrogen (secondary N) is 2. The van der Waals surface area contributed by atoms with Crippen molar-refractivity contribution < 1.29 is 22.8 Å². The van der Waals surface area contributed by atoms with Gasteiger partial charge in [0.25, 0.3) is 5.91 Å². The van der Waals surface area contributed by atoms with Crippen molar-refractivity contribution in [2.75, 3.05) is 6.54 Å². The minimum Gasteiger partial charge on any atom is -0.348 e. The van der Waals surface area contributed by atoms with Crippen LogP contribution in [0.2, 0.25) is 0 Å². The lowest BCUT2D eigenvalue weighted by molar-refractivity contribution is -0.120. The number of carbonyl (C=O) groups is 2. The normalized spacial score (nSPS) is 11.7. The van der Waals surface area contributed by atoms with Crippen LogP contribution >= 0.6 is 0 Å². The molecule has 1 atom stereocenters. The van der Waals surface area contributed by atoms with Crippen LogP contribution < -0.4 is 10.6 Å². The first-order valence-electron chi connectivity index (χ1n) is 7.15. The van der Waals surface area contributed by atoms with E-state index >= 15 is 0 Å². The van der Waals surface area contributed by atoms with Gasteiger partial charge in [0.15, 0.2) is 0 Å². The van der Waals surface area contributed by atoms with E-state index in [9.17, 15) is 22.8 Å². The second-order valence-electron chi connectivity index (χ2n) is 5.15. The van der Waals surface area contributed by atoms with Gasteiger partial charge in [-0.25, -0.2) is 13.2 Å². The minimum atomic E-state index is -0.772. The molecule has 0 spiro atoms.